The molecule has 0 radical (unpaired) electrons. The van der Waals surface area contributed by atoms with Crippen molar-refractivity contribution in [2.45, 2.75) is 38.6 Å². The van der Waals surface area contributed by atoms with Gasteiger partial charge in [-0.3, -0.25) is 4.79 Å². The largest absolute Gasteiger partial charge is 0.494 e. The Bertz CT molecular complexity index is 446. The van der Waals surface area contributed by atoms with Crippen LogP contribution in [0, 0.1) is 0 Å². The zero-order valence-electron chi connectivity index (χ0n) is 12.0. The van der Waals surface area contributed by atoms with Gasteiger partial charge >= 0.3 is 0 Å². The lowest BCUT2D eigenvalue weighted by Gasteiger charge is -2.37. The minimum atomic E-state index is 0.0669. The zero-order valence-corrected chi connectivity index (χ0v) is 12.7. The number of hydrogen-bond acceptors (Lipinski definition) is 2. The Morgan fingerprint density at radius 3 is 2.85 bits per heavy atom. The fourth-order valence-electron chi connectivity index (χ4n) is 2.34. The quantitative estimate of drug-likeness (QED) is 0.718. The maximum absolute atomic E-state index is 12.6. The number of halogens is 1. The first-order chi connectivity index (χ1) is 9.76. The Balaban J connectivity index is 2.09. The number of carbonyl (C=O) groups is 1. The highest BCUT2D eigenvalue weighted by Gasteiger charge is 2.28. The molecule has 1 aromatic rings. The molecule has 2 rings (SSSR count). The molecule has 110 valence electrons. The molecule has 20 heavy (non-hydrogen) atoms. The molecular formula is C16H22ClNO2. The molecule has 0 aromatic heterocycles. The van der Waals surface area contributed by atoms with Crippen LogP contribution in [0.1, 0.15) is 43.0 Å². The Labute approximate surface area is 125 Å². The summed E-state index contributed by atoms with van der Waals surface area (Å²) in [5, 5.41) is 0. The first-order valence-electron chi connectivity index (χ1n) is 7.36. The van der Waals surface area contributed by atoms with Gasteiger partial charge in [-0.25, -0.2) is 0 Å². The minimum absolute atomic E-state index is 0.0669. The van der Waals surface area contributed by atoms with Gasteiger partial charge in [0.05, 0.1) is 6.61 Å². The van der Waals surface area contributed by atoms with E-state index in [0.717, 1.165) is 25.0 Å². The molecule has 1 amide bonds. The fraction of sp³-hybridized carbons (Fsp3) is 0.562. The molecule has 0 spiro atoms. The van der Waals surface area contributed by atoms with Crippen LogP contribution < -0.4 is 4.74 Å². The van der Waals surface area contributed by atoms with Gasteiger partial charge < -0.3 is 9.64 Å². The van der Waals surface area contributed by atoms with Gasteiger partial charge in [0.1, 0.15) is 5.75 Å². The Hall–Kier alpha value is -1.22. The van der Waals surface area contributed by atoms with E-state index in [1.54, 1.807) is 0 Å². The number of carbonyl (C=O) groups excluding carboxylic acids is 1. The van der Waals surface area contributed by atoms with Crippen molar-refractivity contribution in [1.82, 2.24) is 4.90 Å². The number of amides is 1. The maximum Gasteiger partial charge on any atom is 0.254 e. The van der Waals surface area contributed by atoms with Crippen LogP contribution in [0.5, 0.6) is 5.75 Å². The van der Waals surface area contributed by atoms with Gasteiger partial charge in [-0.15, -0.1) is 11.6 Å². The Kier molecular flexibility index (Phi) is 5.72. The lowest BCUT2D eigenvalue weighted by atomic mass is 9.91. The summed E-state index contributed by atoms with van der Waals surface area (Å²) in [5.74, 6) is 1.31. The van der Waals surface area contributed by atoms with Gasteiger partial charge in [0, 0.05) is 24.0 Å². The Morgan fingerprint density at radius 2 is 2.25 bits per heavy atom. The number of ether oxygens (including phenoxy) is 1. The average molecular weight is 296 g/mol. The highest BCUT2D eigenvalue weighted by Crippen LogP contribution is 2.27. The zero-order chi connectivity index (χ0) is 14.4. The molecule has 0 unspecified atom stereocenters. The molecule has 1 saturated carbocycles. The lowest BCUT2D eigenvalue weighted by Crippen LogP contribution is -2.45. The van der Waals surface area contributed by atoms with Crippen molar-refractivity contribution in [3.05, 3.63) is 29.8 Å². The van der Waals surface area contributed by atoms with E-state index in [1.807, 2.05) is 29.2 Å². The molecule has 0 heterocycles. The van der Waals surface area contributed by atoms with E-state index in [-0.39, 0.29) is 5.91 Å². The van der Waals surface area contributed by atoms with Gasteiger partial charge in [0.25, 0.3) is 5.91 Å². The van der Waals surface area contributed by atoms with E-state index in [2.05, 4.69) is 6.92 Å². The van der Waals surface area contributed by atoms with E-state index in [1.165, 1.54) is 6.42 Å². The summed E-state index contributed by atoms with van der Waals surface area (Å²) in [6, 6.07) is 7.81. The molecule has 0 aliphatic heterocycles. The van der Waals surface area contributed by atoms with Crippen LogP contribution in [0.25, 0.3) is 0 Å². The van der Waals surface area contributed by atoms with E-state index < -0.39 is 0 Å². The second-order valence-corrected chi connectivity index (χ2v) is 5.53. The van der Waals surface area contributed by atoms with Crippen LogP contribution in [0.15, 0.2) is 24.3 Å². The summed E-state index contributed by atoms with van der Waals surface area (Å²) >= 11 is 5.83. The van der Waals surface area contributed by atoms with Crippen molar-refractivity contribution >= 4 is 17.5 Å². The number of alkyl halides is 1. The molecule has 0 saturated heterocycles. The molecular weight excluding hydrogens is 274 g/mol. The van der Waals surface area contributed by atoms with Gasteiger partial charge in [-0.05, 0) is 43.9 Å². The molecule has 1 fully saturated rings. The van der Waals surface area contributed by atoms with Gasteiger partial charge in [-0.1, -0.05) is 13.0 Å². The summed E-state index contributed by atoms with van der Waals surface area (Å²) < 4.78 is 5.59. The molecule has 0 atom stereocenters. The molecule has 1 aliphatic rings. The molecule has 0 N–H and O–H groups in total. The van der Waals surface area contributed by atoms with E-state index in [0.29, 0.717) is 30.6 Å². The SMILES string of the molecule is CCCOc1cccc(C(=O)N(CCCl)C2CCC2)c1. The van der Waals surface area contributed by atoms with E-state index in [4.69, 9.17) is 16.3 Å². The molecule has 0 bridgehead atoms. The number of rotatable bonds is 7. The van der Waals surface area contributed by atoms with Crippen molar-refractivity contribution in [1.29, 1.82) is 0 Å². The average Bonchev–Trinajstić information content (AvgIpc) is 2.42. The third kappa shape index (κ3) is 3.66. The summed E-state index contributed by atoms with van der Waals surface area (Å²) in [4.78, 5) is 14.5. The minimum Gasteiger partial charge on any atom is -0.494 e. The smallest absolute Gasteiger partial charge is 0.254 e. The van der Waals surface area contributed by atoms with Crippen LogP contribution in [0.2, 0.25) is 0 Å². The highest BCUT2D eigenvalue weighted by atomic mass is 35.5. The molecule has 4 heteroatoms. The number of benzene rings is 1. The molecule has 1 aromatic carbocycles. The topological polar surface area (TPSA) is 29.5 Å². The van der Waals surface area contributed by atoms with E-state index in [9.17, 15) is 4.79 Å². The molecule has 1 aliphatic carbocycles. The lowest BCUT2D eigenvalue weighted by molar-refractivity contribution is 0.0597. The van der Waals surface area contributed by atoms with Crippen molar-refractivity contribution < 1.29 is 9.53 Å². The monoisotopic (exact) mass is 295 g/mol. The molecule has 3 nitrogen and oxygen atoms in total. The highest BCUT2D eigenvalue weighted by molar-refractivity contribution is 6.18. The van der Waals surface area contributed by atoms with Crippen LogP contribution in [0.3, 0.4) is 0 Å². The first-order valence-corrected chi connectivity index (χ1v) is 7.89. The first kappa shape index (κ1) is 15.2. The van der Waals surface area contributed by atoms with Crippen LogP contribution in [-0.2, 0) is 0 Å². The van der Waals surface area contributed by atoms with E-state index >= 15 is 0 Å². The predicted molar refractivity (Wildman–Crippen MR) is 81.6 cm³/mol. The summed E-state index contributed by atoms with van der Waals surface area (Å²) in [6.07, 6.45) is 4.35. The number of nitrogens with zero attached hydrogens (tertiary/aromatic N) is 1. The summed E-state index contributed by atoms with van der Waals surface area (Å²) in [5.41, 5.74) is 0.690. The van der Waals surface area contributed by atoms with Crippen LogP contribution in [-0.4, -0.2) is 35.9 Å². The van der Waals surface area contributed by atoms with Gasteiger partial charge in [0.2, 0.25) is 0 Å². The van der Waals surface area contributed by atoms with Crippen LogP contribution in [0.4, 0.5) is 0 Å². The van der Waals surface area contributed by atoms with Crippen molar-refractivity contribution in [2.24, 2.45) is 0 Å². The second kappa shape index (κ2) is 7.53. The third-order valence-corrected chi connectivity index (χ3v) is 3.82. The number of hydrogen-bond donors (Lipinski definition) is 0. The maximum atomic E-state index is 12.6. The van der Waals surface area contributed by atoms with Crippen LogP contribution >= 0.6 is 11.6 Å². The fourth-order valence-corrected chi connectivity index (χ4v) is 2.53. The summed E-state index contributed by atoms with van der Waals surface area (Å²) in [6.45, 7) is 3.35. The van der Waals surface area contributed by atoms with Gasteiger partial charge in [-0.2, -0.15) is 0 Å². The second-order valence-electron chi connectivity index (χ2n) is 5.15. The van der Waals surface area contributed by atoms with Crippen molar-refractivity contribution in [2.75, 3.05) is 19.0 Å². The standard InChI is InChI=1S/C16H22ClNO2/c1-2-11-20-15-8-3-5-13(12-15)16(19)18(10-9-17)14-6-4-7-14/h3,5,8,12,14H,2,4,6-7,9-11H2,1H3. The van der Waals surface area contributed by atoms with Crippen molar-refractivity contribution in [3.8, 4) is 5.75 Å². The summed E-state index contributed by atoms with van der Waals surface area (Å²) in [7, 11) is 0. The predicted octanol–water partition coefficient (Wildman–Crippen LogP) is 3.71. The van der Waals surface area contributed by atoms with Gasteiger partial charge in [0.15, 0.2) is 0 Å². The normalized spacial score (nSPS) is 14.7. The third-order valence-electron chi connectivity index (χ3n) is 3.66. The Morgan fingerprint density at radius 1 is 1.45 bits per heavy atom. The van der Waals surface area contributed by atoms with Crippen molar-refractivity contribution in [3.63, 3.8) is 0 Å².